The Kier molecular flexibility index (Phi) is 4.92. The number of anilines is 1. The number of esters is 1. The highest BCUT2D eigenvalue weighted by Crippen LogP contribution is 2.39. The largest absolute Gasteiger partial charge is 0.425 e. The van der Waals surface area contributed by atoms with E-state index in [9.17, 15) is 4.79 Å². The first-order chi connectivity index (χ1) is 14.2. The summed E-state index contributed by atoms with van der Waals surface area (Å²) in [5.74, 6) is 1.17. The molecule has 5 rings (SSSR count). The van der Waals surface area contributed by atoms with Gasteiger partial charge in [-0.15, -0.1) is 0 Å². The zero-order chi connectivity index (χ0) is 19.8. The second-order valence-corrected chi connectivity index (χ2v) is 8.45. The lowest BCUT2D eigenvalue weighted by Gasteiger charge is -2.34. The fourth-order valence-corrected chi connectivity index (χ4v) is 4.88. The lowest BCUT2D eigenvalue weighted by atomic mass is 10.1. The van der Waals surface area contributed by atoms with E-state index in [1.807, 2.05) is 12.1 Å². The number of rotatable bonds is 4. The maximum atomic E-state index is 12.7. The van der Waals surface area contributed by atoms with Crippen LogP contribution < -0.4 is 9.64 Å². The Balaban J connectivity index is 1.59. The van der Waals surface area contributed by atoms with Crippen LogP contribution in [0.2, 0.25) is 0 Å². The normalized spacial score (nSPS) is 20.4. The number of H-pyrrole nitrogens is 1. The number of aromatic nitrogens is 4. The van der Waals surface area contributed by atoms with Crippen molar-refractivity contribution in [2.75, 3.05) is 24.7 Å². The van der Waals surface area contributed by atoms with E-state index < -0.39 is 0 Å². The van der Waals surface area contributed by atoms with E-state index in [-0.39, 0.29) is 17.9 Å². The molecule has 1 saturated heterocycles. The van der Waals surface area contributed by atoms with Crippen LogP contribution in [0.15, 0.2) is 18.3 Å². The van der Waals surface area contributed by atoms with Gasteiger partial charge in [0.2, 0.25) is 0 Å². The van der Waals surface area contributed by atoms with Gasteiger partial charge in [0, 0.05) is 18.8 Å². The molecular formula is C20H23N5O3S. The lowest BCUT2D eigenvalue weighted by Crippen LogP contribution is -2.44. The number of hydrogen-bond donors (Lipinski definition) is 1. The molecule has 152 valence electrons. The number of fused-ring (bicyclic) bond motifs is 1. The maximum absolute atomic E-state index is 12.7. The topological polar surface area (TPSA) is 93.2 Å². The number of carbonyl (C=O) groups excluding carboxylic acids is 1. The van der Waals surface area contributed by atoms with Gasteiger partial charge >= 0.3 is 5.97 Å². The summed E-state index contributed by atoms with van der Waals surface area (Å²) in [6.07, 6.45) is 5.68. The summed E-state index contributed by atoms with van der Waals surface area (Å²) < 4.78 is 16.9. The minimum atomic E-state index is -0.146. The van der Waals surface area contributed by atoms with Gasteiger partial charge in [-0.25, -0.2) is 4.98 Å². The molecule has 8 nitrogen and oxygen atoms in total. The molecule has 1 N–H and O–H groups in total. The summed E-state index contributed by atoms with van der Waals surface area (Å²) in [7, 11) is 0. The fraction of sp³-hybridized carbons (Fsp3) is 0.500. The number of morpholine rings is 1. The molecule has 2 fully saturated rings. The minimum Gasteiger partial charge on any atom is -0.425 e. The smallest absolute Gasteiger partial charge is 0.314 e. The second-order valence-electron chi connectivity index (χ2n) is 7.68. The molecule has 1 aliphatic carbocycles. The van der Waals surface area contributed by atoms with E-state index in [0.29, 0.717) is 19.0 Å². The van der Waals surface area contributed by atoms with Crippen LogP contribution in [0.5, 0.6) is 5.75 Å². The van der Waals surface area contributed by atoms with Crippen molar-refractivity contribution in [3.8, 4) is 17.1 Å². The van der Waals surface area contributed by atoms with Crippen LogP contribution >= 0.6 is 11.5 Å². The van der Waals surface area contributed by atoms with Crippen molar-refractivity contribution >= 4 is 33.5 Å². The molecule has 3 aromatic rings. The van der Waals surface area contributed by atoms with Crippen molar-refractivity contribution in [1.29, 1.82) is 0 Å². The number of pyridine rings is 1. The van der Waals surface area contributed by atoms with Crippen molar-refractivity contribution < 1.29 is 14.3 Å². The second kappa shape index (κ2) is 7.72. The number of nitrogens with zero attached hydrogens (tertiary/aromatic N) is 4. The number of ether oxygens (including phenoxy) is 2. The zero-order valence-corrected chi connectivity index (χ0v) is 17.1. The van der Waals surface area contributed by atoms with E-state index in [0.717, 1.165) is 59.7 Å². The minimum absolute atomic E-state index is 0.0102. The third-order valence-corrected chi connectivity index (χ3v) is 6.55. The highest BCUT2D eigenvalue weighted by molar-refractivity contribution is 7.14. The molecule has 2 aliphatic rings. The van der Waals surface area contributed by atoms with Crippen LogP contribution in [0.1, 0.15) is 32.6 Å². The van der Waals surface area contributed by atoms with Crippen LogP contribution in [0.25, 0.3) is 21.6 Å². The molecular weight excluding hydrogens is 390 g/mol. The third-order valence-electron chi connectivity index (χ3n) is 5.69. The SMILES string of the molecule is C[C@@H]1COCCN1c1cc(OC(=O)C2CCCC2)c2snc(-c3ccn[nH]3)c2n1. The van der Waals surface area contributed by atoms with Crippen LogP contribution in [-0.4, -0.2) is 51.3 Å². The van der Waals surface area contributed by atoms with Gasteiger partial charge in [0.15, 0.2) is 5.75 Å². The quantitative estimate of drug-likeness (QED) is 0.655. The maximum Gasteiger partial charge on any atom is 0.314 e. The van der Waals surface area contributed by atoms with Crippen LogP contribution in [0.3, 0.4) is 0 Å². The average molecular weight is 414 g/mol. The molecule has 0 radical (unpaired) electrons. The molecule has 9 heteroatoms. The molecule has 1 saturated carbocycles. The van der Waals surface area contributed by atoms with E-state index in [2.05, 4.69) is 26.4 Å². The first-order valence-corrected chi connectivity index (χ1v) is 10.8. The van der Waals surface area contributed by atoms with Crippen LogP contribution in [0.4, 0.5) is 5.82 Å². The van der Waals surface area contributed by atoms with Gasteiger partial charge in [-0.2, -0.15) is 9.47 Å². The van der Waals surface area contributed by atoms with Gasteiger partial charge in [-0.1, -0.05) is 12.8 Å². The molecule has 0 unspecified atom stereocenters. The number of carbonyl (C=O) groups is 1. The first-order valence-electron chi connectivity index (χ1n) is 10.1. The van der Waals surface area contributed by atoms with Crippen molar-refractivity contribution in [3.05, 3.63) is 18.3 Å². The highest BCUT2D eigenvalue weighted by atomic mass is 32.1. The summed E-state index contributed by atoms with van der Waals surface area (Å²) in [6.45, 7) is 4.15. The molecule has 4 heterocycles. The van der Waals surface area contributed by atoms with Crippen LogP contribution in [0, 0.1) is 5.92 Å². The Labute approximate surface area is 172 Å². The standard InChI is InChI=1S/C20H23N5O3S/c1-12-11-27-9-8-25(12)16-10-15(28-20(26)13-4-2-3-5-13)19-18(22-16)17(24-29-19)14-6-7-21-23-14/h6-7,10,12-13H,2-5,8-9,11H2,1H3,(H,21,23)/t12-/m1/s1. The van der Waals surface area contributed by atoms with Crippen molar-refractivity contribution in [2.24, 2.45) is 5.92 Å². The van der Waals surface area contributed by atoms with Crippen molar-refractivity contribution in [2.45, 2.75) is 38.6 Å². The molecule has 0 amide bonds. The van der Waals surface area contributed by atoms with Gasteiger partial charge in [0.05, 0.1) is 30.9 Å². The molecule has 3 aromatic heterocycles. The van der Waals surface area contributed by atoms with E-state index >= 15 is 0 Å². The highest BCUT2D eigenvalue weighted by Gasteiger charge is 2.28. The van der Waals surface area contributed by atoms with Crippen LogP contribution in [-0.2, 0) is 9.53 Å². The molecule has 29 heavy (non-hydrogen) atoms. The Morgan fingerprint density at radius 2 is 2.24 bits per heavy atom. The summed E-state index contributed by atoms with van der Waals surface area (Å²) >= 11 is 1.30. The summed E-state index contributed by atoms with van der Waals surface area (Å²) in [5.41, 5.74) is 2.25. The number of aromatic amines is 1. The Morgan fingerprint density at radius 3 is 3.00 bits per heavy atom. The van der Waals surface area contributed by atoms with Gasteiger partial charge < -0.3 is 14.4 Å². The Morgan fingerprint density at radius 1 is 1.38 bits per heavy atom. The number of hydrogen-bond acceptors (Lipinski definition) is 8. The van der Waals surface area contributed by atoms with Crippen molar-refractivity contribution in [1.82, 2.24) is 19.6 Å². The lowest BCUT2D eigenvalue weighted by molar-refractivity contribution is -0.138. The summed E-state index contributed by atoms with van der Waals surface area (Å²) in [4.78, 5) is 19.8. The third kappa shape index (κ3) is 3.49. The van der Waals surface area contributed by atoms with E-state index in [1.165, 1.54) is 11.5 Å². The zero-order valence-electron chi connectivity index (χ0n) is 16.3. The molecule has 0 bridgehead atoms. The Bertz CT molecular complexity index is 1010. The molecule has 0 aromatic carbocycles. The molecule has 1 atom stereocenters. The van der Waals surface area contributed by atoms with Gasteiger partial charge in [0.1, 0.15) is 21.7 Å². The summed E-state index contributed by atoms with van der Waals surface area (Å²) in [6, 6.07) is 3.94. The van der Waals surface area contributed by atoms with Crippen molar-refractivity contribution in [3.63, 3.8) is 0 Å². The molecule has 0 spiro atoms. The predicted molar refractivity (Wildman–Crippen MR) is 110 cm³/mol. The van der Waals surface area contributed by atoms with E-state index in [1.54, 1.807) is 6.20 Å². The Hall–Kier alpha value is -2.52. The average Bonchev–Trinajstić information content (AvgIpc) is 3.48. The predicted octanol–water partition coefficient (Wildman–Crippen LogP) is 3.40. The number of nitrogens with one attached hydrogen (secondary N) is 1. The fourth-order valence-electron chi connectivity index (χ4n) is 4.09. The monoisotopic (exact) mass is 413 g/mol. The van der Waals surface area contributed by atoms with E-state index in [4.69, 9.17) is 14.5 Å². The van der Waals surface area contributed by atoms with Gasteiger partial charge in [-0.3, -0.25) is 9.89 Å². The van der Waals surface area contributed by atoms with Gasteiger partial charge in [-0.05, 0) is 37.4 Å². The molecule has 1 aliphatic heterocycles. The van der Waals surface area contributed by atoms with Gasteiger partial charge in [0.25, 0.3) is 0 Å². The summed E-state index contributed by atoms with van der Waals surface area (Å²) in [5, 5.41) is 6.99. The first kappa shape index (κ1) is 18.5.